The summed E-state index contributed by atoms with van der Waals surface area (Å²) >= 11 is 1.43. The first-order chi connectivity index (χ1) is 10.9. The Hall–Kier alpha value is -1.95. The second-order valence-corrected chi connectivity index (χ2v) is 6.45. The maximum Gasteiger partial charge on any atom is 0.312 e. The number of benzene rings is 1. The Kier molecular flexibility index (Phi) is 5.36. The minimum absolute atomic E-state index is 0.370. The highest BCUT2D eigenvalue weighted by Gasteiger charge is 2.42. The highest BCUT2D eigenvalue weighted by atomic mass is 32.2. The van der Waals surface area contributed by atoms with E-state index in [9.17, 15) is 9.18 Å². The van der Waals surface area contributed by atoms with Crippen molar-refractivity contribution >= 4 is 17.7 Å². The van der Waals surface area contributed by atoms with Gasteiger partial charge >= 0.3 is 5.97 Å². The number of hydrogen-bond acceptors (Lipinski definition) is 5. The van der Waals surface area contributed by atoms with E-state index in [1.54, 1.807) is 38.2 Å². The average Bonchev–Trinajstić information content (AvgIpc) is 2.56. The van der Waals surface area contributed by atoms with Gasteiger partial charge in [0.1, 0.15) is 17.2 Å². The largest absolute Gasteiger partial charge is 0.469 e. The molecule has 1 atom stereocenters. The number of esters is 1. The number of methoxy groups -OCH3 is 1. The Morgan fingerprint density at radius 1 is 1.30 bits per heavy atom. The second-order valence-electron chi connectivity index (χ2n) is 5.66. The van der Waals surface area contributed by atoms with E-state index < -0.39 is 17.3 Å². The quantitative estimate of drug-likeness (QED) is 0.474. The minimum atomic E-state index is -0.980. The summed E-state index contributed by atoms with van der Waals surface area (Å²) in [6.45, 7) is 3.49. The molecular weight excluding hydrogens is 315 g/mol. The van der Waals surface area contributed by atoms with Crippen molar-refractivity contribution < 1.29 is 13.9 Å². The average molecular weight is 334 g/mol. The van der Waals surface area contributed by atoms with Crippen LogP contribution in [0.25, 0.3) is 0 Å². The molecule has 2 rings (SSSR count). The zero-order chi connectivity index (χ0) is 17.0. The van der Waals surface area contributed by atoms with Crippen LogP contribution in [0.3, 0.4) is 0 Å². The smallest absolute Gasteiger partial charge is 0.312 e. The number of rotatable bonds is 5. The van der Waals surface area contributed by atoms with E-state index in [4.69, 9.17) is 4.74 Å². The van der Waals surface area contributed by atoms with E-state index >= 15 is 0 Å². The number of hydrogen-bond donors (Lipinski definition) is 0. The topological polar surface area (TPSA) is 52.1 Å². The first-order valence-electron chi connectivity index (χ1n) is 7.10. The van der Waals surface area contributed by atoms with E-state index in [-0.39, 0.29) is 5.82 Å². The molecule has 0 aliphatic carbocycles. The summed E-state index contributed by atoms with van der Waals surface area (Å²) in [6.07, 6.45) is 4.97. The van der Waals surface area contributed by atoms with Crippen molar-refractivity contribution in [2.45, 2.75) is 24.8 Å². The maximum atomic E-state index is 14.5. The molecule has 0 fully saturated rings. The molecule has 122 valence electrons. The van der Waals surface area contributed by atoms with Crippen molar-refractivity contribution in [1.82, 2.24) is 9.97 Å². The van der Waals surface area contributed by atoms with E-state index in [1.165, 1.54) is 31.3 Å². The third kappa shape index (κ3) is 3.37. The standard InChI is InChI=1S/C17H19FN2O2S/c1-17(2,16(21)22-3)14(11-7-5-6-8-13(11)18)12-9-19-10-20-15(12)23-4/h5-10,14H,1-4H3. The van der Waals surface area contributed by atoms with Gasteiger partial charge in [-0.25, -0.2) is 14.4 Å². The fourth-order valence-corrected chi connectivity index (χ4v) is 3.29. The number of thioether (sulfide) groups is 1. The van der Waals surface area contributed by atoms with Crippen LogP contribution in [0, 0.1) is 11.2 Å². The van der Waals surface area contributed by atoms with Crippen LogP contribution in [0.1, 0.15) is 30.9 Å². The van der Waals surface area contributed by atoms with E-state index in [0.29, 0.717) is 16.2 Å². The van der Waals surface area contributed by atoms with E-state index in [0.717, 1.165) is 0 Å². The lowest BCUT2D eigenvalue weighted by Gasteiger charge is -2.33. The molecule has 1 unspecified atom stereocenters. The van der Waals surface area contributed by atoms with Gasteiger partial charge < -0.3 is 4.74 Å². The van der Waals surface area contributed by atoms with Crippen molar-refractivity contribution in [2.24, 2.45) is 5.41 Å². The third-order valence-electron chi connectivity index (χ3n) is 3.86. The lowest BCUT2D eigenvalue weighted by atomic mass is 9.71. The molecule has 1 heterocycles. The number of carbonyl (C=O) groups excluding carboxylic acids is 1. The highest BCUT2D eigenvalue weighted by Crippen LogP contribution is 2.44. The minimum Gasteiger partial charge on any atom is -0.469 e. The summed E-state index contributed by atoms with van der Waals surface area (Å²) in [5, 5.41) is 0.713. The monoisotopic (exact) mass is 334 g/mol. The van der Waals surface area contributed by atoms with Gasteiger partial charge in [0.15, 0.2) is 0 Å². The molecule has 0 saturated carbocycles. The third-order valence-corrected chi connectivity index (χ3v) is 4.58. The van der Waals surface area contributed by atoms with Crippen LogP contribution in [0.5, 0.6) is 0 Å². The molecule has 0 saturated heterocycles. The van der Waals surface area contributed by atoms with Gasteiger partial charge in [0.05, 0.1) is 12.5 Å². The number of aromatic nitrogens is 2. The van der Waals surface area contributed by atoms with Gasteiger partial charge in [-0.1, -0.05) is 18.2 Å². The molecule has 0 N–H and O–H groups in total. The number of ether oxygens (including phenoxy) is 1. The number of carbonyl (C=O) groups is 1. The first kappa shape index (κ1) is 17.4. The summed E-state index contributed by atoms with van der Waals surface area (Å²) in [5.41, 5.74) is 0.153. The number of halogens is 1. The first-order valence-corrected chi connectivity index (χ1v) is 8.32. The SMILES string of the molecule is COC(=O)C(C)(C)C(c1ccccc1F)c1cncnc1SC. The van der Waals surface area contributed by atoms with Crippen LogP contribution in [0.15, 0.2) is 41.8 Å². The summed E-state index contributed by atoms with van der Waals surface area (Å²) in [4.78, 5) is 20.7. The van der Waals surface area contributed by atoms with Crippen molar-refractivity contribution in [1.29, 1.82) is 0 Å². The van der Waals surface area contributed by atoms with Crippen LogP contribution < -0.4 is 0 Å². The van der Waals surface area contributed by atoms with Crippen molar-refractivity contribution in [2.75, 3.05) is 13.4 Å². The van der Waals surface area contributed by atoms with Gasteiger partial charge in [0, 0.05) is 17.7 Å². The molecule has 0 aliphatic rings. The van der Waals surface area contributed by atoms with Crippen molar-refractivity contribution in [3.05, 3.63) is 53.7 Å². The molecule has 23 heavy (non-hydrogen) atoms. The molecule has 0 aliphatic heterocycles. The predicted octanol–water partition coefficient (Wildman–Crippen LogP) is 3.67. The van der Waals surface area contributed by atoms with Gasteiger partial charge in [0.2, 0.25) is 0 Å². The summed E-state index contributed by atoms with van der Waals surface area (Å²) in [6, 6.07) is 6.44. The summed E-state index contributed by atoms with van der Waals surface area (Å²) in [7, 11) is 1.33. The van der Waals surface area contributed by atoms with E-state index in [2.05, 4.69) is 9.97 Å². The second kappa shape index (κ2) is 7.08. The lowest BCUT2D eigenvalue weighted by molar-refractivity contribution is -0.151. The Morgan fingerprint density at radius 2 is 2.00 bits per heavy atom. The van der Waals surface area contributed by atoms with Crippen LogP contribution in [0.2, 0.25) is 0 Å². The Bertz CT molecular complexity index is 706. The molecule has 0 amide bonds. The molecular formula is C17H19FN2O2S. The zero-order valence-electron chi connectivity index (χ0n) is 13.5. The molecule has 1 aromatic heterocycles. The molecule has 6 heteroatoms. The van der Waals surface area contributed by atoms with Crippen LogP contribution >= 0.6 is 11.8 Å². The number of nitrogens with zero attached hydrogens (tertiary/aromatic N) is 2. The molecule has 1 aromatic carbocycles. The molecule has 0 spiro atoms. The predicted molar refractivity (Wildman–Crippen MR) is 87.9 cm³/mol. The van der Waals surface area contributed by atoms with Crippen LogP contribution in [-0.4, -0.2) is 29.3 Å². The summed E-state index contributed by atoms with van der Waals surface area (Å²) < 4.78 is 19.4. The van der Waals surface area contributed by atoms with Crippen molar-refractivity contribution in [3.63, 3.8) is 0 Å². The Balaban J connectivity index is 2.71. The Morgan fingerprint density at radius 3 is 2.61 bits per heavy atom. The molecule has 4 nitrogen and oxygen atoms in total. The lowest BCUT2D eigenvalue weighted by Crippen LogP contribution is -2.34. The molecule has 0 bridgehead atoms. The highest BCUT2D eigenvalue weighted by molar-refractivity contribution is 7.98. The summed E-state index contributed by atoms with van der Waals surface area (Å²) in [5.74, 6) is -1.34. The van der Waals surface area contributed by atoms with Gasteiger partial charge in [0.25, 0.3) is 0 Å². The fraction of sp³-hybridized carbons (Fsp3) is 0.353. The fourth-order valence-electron chi connectivity index (χ4n) is 2.73. The van der Waals surface area contributed by atoms with Crippen molar-refractivity contribution in [3.8, 4) is 0 Å². The molecule has 2 aromatic rings. The Labute approximate surface area is 139 Å². The van der Waals surface area contributed by atoms with E-state index in [1.807, 2.05) is 6.26 Å². The van der Waals surface area contributed by atoms with Crippen LogP contribution in [-0.2, 0) is 9.53 Å². The van der Waals surface area contributed by atoms with Crippen LogP contribution in [0.4, 0.5) is 4.39 Å². The van der Waals surface area contributed by atoms with Gasteiger partial charge in [-0.05, 0) is 31.7 Å². The zero-order valence-corrected chi connectivity index (χ0v) is 14.4. The maximum absolute atomic E-state index is 14.5. The van der Waals surface area contributed by atoms with Gasteiger partial charge in [-0.3, -0.25) is 4.79 Å². The normalized spacial score (nSPS) is 12.7. The molecule has 0 radical (unpaired) electrons. The van der Waals surface area contributed by atoms with Gasteiger partial charge in [-0.15, -0.1) is 11.8 Å². The van der Waals surface area contributed by atoms with Gasteiger partial charge in [-0.2, -0.15) is 0 Å².